The molecule has 3 amide bonds. The topological polar surface area (TPSA) is 69.7 Å². The van der Waals surface area contributed by atoms with Gasteiger partial charge in [-0.1, -0.05) is 0 Å². The first-order valence-electron chi connectivity index (χ1n) is 7.52. The van der Waals surface area contributed by atoms with Crippen molar-refractivity contribution < 1.29 is 14.4 Å². The van der Waals surface area contributed by atoms with Crippen LogP contribution in [0.15, 0.2) is 18.2 Å². The molecule has 0 saturated carbocycles. The molecule has 0 aliphatic carbocycles. The minimum absolute atomic E-state index is 0. The summed E-state index contributed by atoms with van der Waals surface area (Å²) in [4.78, 5) is 39.5. The molecule has 3 aliphatic heterocycles. The minimum Gasteiger partial charge on any atom is -0.338 e. The summed E-state index contributed by atoms with van der Waals surface area (Å²) in [5, 5.41) is 3.35. The van der Waals surface area contributed by atoms with Gasteiger partial charge < -0.3 is 10.2 Å². The van der Waals surface area contributed by atoms with Crippen molar-refractivity contribution in [3.8, 4) is 0 Å². The van der Waals surface area contributed by atoms with Gasteiger partial charge in [0, 0.05) is 38.8 Å². The normalized spacial score (nSPS) is 25.4. The zero-order chi connectivity index (χ0) is 15.4. The molecule has 6 nitrogen and oxygen atoms in total. The lowest BCUT2D eigenvalue weighted by Gasteiger charge is -2.17. The van der Waals surface area contributed by atoms with Crippen LogP contribution in [0.1, 0.15) is 31.1 Å². The van der Waals surface area contributed by atoms with E-state index in [0.717, 1.165) is 31.1 Å². The Hall–Kier alpha value is -1.92. The number of likely N-dealkylation sites (tertiary alicyclic amines) is 1. The summed E-state index contributed by atoms with van der Waals surface area (Å²) >= 11 is 0. The highest BCUT2D eigenvalue weighted by Gasteiger charge is 2.39. The van der Waals surface area contributed by atoms with Gasteiger partial charge in [-0.3, -0.25) is 19.3 Å². The largest absolute Gasteiger partial charge is 0.338 e. The standard InChI is InChI=1S/C16H17N3O3.ClH/c1-18-15(21)12-3-2-9(4-13(12)16(18)22)14(20)19-7-10-5-17-6-11(10)8-19;/h2-4,10-11,17H,5-8H2,1H3;1H/t10-,11+;. The monoisotopic (exact) mass is 335 g/mol. The Morgan fingerprint density at radius 3 is 2.35 bits per heavy atom. The summed E-state index contributed by atoms with van der Waals surface area (Å²) in [6.45, 7) is 3.47. The molecule has 3 aliphatic rings. The average Bonchev–Trinajstić information content (AvgIpc) is 3.17. The van der Waals surface area contributed by atoms with E-state index in [-0.39, 0.29) is 30.1 Å². The maximum Gasteiger partial charge on any atom is 0.261 e. The smallest absolute Gasteiger partial charge is 0.261 e. The lowest BCUT2D eigenvalue weighted by molar-refractivity contribution is 0.0692. The zero-order valence-electron chi connectivity index (χ0n) is 12.7. The van der Waals surface area contributed by atoms with Crippen LogP contribution >= 0.6 is 12.4 Å². The first kappa shape index (κ1) is 16.0. The first-order valence-corrected chi connectivity index (χ1v) is 7.52. The van der Waals surface area contributed by atoms with Crippen LogP contribution in [0.2, 0.25) is 0 Å². The van der Waals surface area contributed by atoms with E-state index >= 15 is 0 Å². The third-order valence-corrected chi connectivity index (χ3v) is 5.01. The number of carbonyl (C=O) groups excluding carboxylic acids is 3. The van der Waals surface area contributed by atoms with E-state index in [0.29, 0.717) is 28.5 Å². The van der Waals surface area contributed by atoms with Gasteiger partial charge in [0.05, 0.1) is 11.1 Å². The molecule has 1 aromatic carbocycles. The second-order valence-corrected chi connectivity index (χ2v) is 6.32. The van der Waals surface area contributed by atoms with Crippen LogP contribution < -0.4 is 5.32 Å². The molecule has 0 spiro atoms. The summed E-state index contributed by atoms with van der Waals surface area (Å²) in [5.74, 6) is 0.380. The number of hydrogen-bond acceptors (Lipinski definition) is 4. The number of benzene rings is 1. The lowest BCUT2D eigenvalue weighted by Crippen LogP contribution is -2.32. The molecule has 3 heterocycles. The fourth-order valence-electron chi connectivity index (χ4n) is 3.70. The Balaban J connectivity index is 0.00000156. The zero-order valence-corrected chi connectivity index (χ0v) is 13.6. The number of fused-ring (bicyclic) bond motifs is 2. The fourth-order valence-corrected chi connectivity index (χ4v) is 3.70. The van der Waals surface area contributed by atoms with Crippen LogP contribution in [0.3, 0.4) is 0 Å². The number of rotatable bonds is 1. The maximum absolute atomic E-state index is 12.6. The van der Waals surface area contributed by atoms with Gasteiger partial charge in [0.2, 0.25) is 0 Å². The molecule has 0 radical (unpaired) electrons. The SMILES string of the molecule is CN1C(=O)c2ccc(C(=O)N3C[C@H]4CNC[C@H]4C3)cc2C1=O.Cl. The number of imide groups is 1. The van der Waals surface area contributed by atoms with Crippen molar-refractivity contribution in [2.24, 2.45) is 11.8 Å². The summed E-state index contributed by atoms with van der Waals surface area (Å²) in [6, 6.07) is 4.80. The van der Waals surface area contributed by atoms with Crippen LogP contribution in [0.25, 0.3) is 0 Å². The van der Waals surface area contributed by atoms with Crippen molar-refractivity contribution in [2.75, 3.05) is 33.2 Å². The third kappa shape index (κ3) is 2.33. The molecule has 0 aromatic heterocycles. The highest BCUT2D eigenvalue weighted by molar-refractivity contribution is 6.21. The highest BCUT2D eigenvalue weighted by Crippen LogP contribution is 2.29. The molecule has 0 bridgehead atoms. The van der Waals surface area contributed by atoms with Gasteiger partial charge in [-0.15, -0.1) is 12.4 Å². The van der Waals surface area contributed by atoms with Crippen LogP contribution in [0.5, 0.6) is 0 Å². The Bertz CT molecular complexity index is 694. The second-order valence-electron chi connectivity index (χ2n) is 6.32. The molecule has 23 heavy (non-hydrogen) atoms. The molecular weight excluding hydrogens is 318 g/mol. The summed E-state index contributed by atoms with van der Waals surface area (Å²) in [5.41, 5.74) is 1.20. The number of nitrogens with zero attached hydrogens (tertiary/aromatic N) is 2. The van der Waals surface area contributed by atoms with Crippen molar-refractivity contribution in [3.63, 3.8) is 0 Å². The molecule has 2 fully saturated rings. The van der Waals surface area contributed by atoms with Gasteiger partial charge >= 0.3 is 0 Å². The van der Waals surface area contributed by atoms with Gasteiger partial charge in [-0.05, 0) is 30.0 Å². The molecule has 2 atom stereocenters. The molecule has 4 rings (SSSR count). The minimum atomic E-state index is -0.336. The maximum atomic E-state index is 12.6. The van der Waals surface area contributed by atoms with Crippen molar-refractivity contribution in [1.29, 1.82) is 0 Å². The van der Waals surface area contributed by atoms with Crippen LogP contribution in [0.4, 0.5) is 0 Å². The van der Waals surface area contributed by atoms with E-state index in [1.165, 1.54) is 7.05 Å². The predicted octanol–water partition coefficient (Wildman–Crippen LogP) is 0.626. The molecule has 122 valence electrons. The van der Waals surface area contributed by atoms with Crippen molar-refractivity contribution in [1.82, 2.24) is 15.1 Å². The van der Waals surface area contributed by atoms with E-state index in [1.807, 2.05) is 4.90 Å². The van der Waals surface area contributed by atoms with Gasteiger partial charge in [0.1, 0.15) is 0 Å². The summed E-state index contributed by atoms with van der Waals surface area (Å²) < 4.78 is 0. The van der Waals surface area contributed by atoms with E-state index in [4.69, 9.17) is 0 Å². The number of halogens is 1. The number of hydrogen-bond donors (Lipinski definition) is 1. The third-order valence-electron chi connectivity index (χ3n) is 5.01. The predicted molar refractivity (Wildman–Crippen MR) is 85.9 cm³/mol. The molecule has 2 saturated heterocycles. The van der Waals surface area contributed by atoms with Crippen molar-refractivity contribution in [3.05, 3.63) is 34.9 Å². The van der Waals surface area contributed by atoms with E-state index in [2.05, 4.69) is 5.32 Å². The van der Waals surface area contributed by atoms with Gasteiger partial charge in [-0.2, -0.15) is 0 Å². The highest BCUT2D eigenvalue weighted by atomic mass is 35.5. The Morgan fingerprint density at radius 1 is 1.09 bits per heavy atom. The lowest BCUT2D eigenvalue weighted by atomic mass is 10.0. The second kappa shape index (κ2) is 5.62. The molecule has 0 unspecified atom stereocenters. The van der Waals surface area contributed by atoms with Crippen molar-refractivity contribution >= 4 is 30.1 Å². The number of amides is 3. The molecular formula is C16H18ClN3O3. The summed E-state index contributed by atoms with van der Waals surface area (Å²) in [7, 11) is 1.46. The van der Waals surface area contributed by atoms with E-state index in [9.17, 15) is 14.4 Å². The average molecular weight is 336 g/mol. The van der Waals surface area contributed by atoms with Crippen LogP contribution in [-0.2, 0) is 0 Å². The van der Waals surface area contributed by atoms with E-state index < -0.39 is 0 Å². The van der Waals surface area contributed by atoms with Gasteiger partial charge in [0.15, 0.2) is 0 Å². The number of nitrogens with one attached hydrogen (secondary N) is 1. The summed E-state index contributed by atoms with van der Waals surface area (Å²) in [6.07, 6.45) is 0. The molecule has 7 heteroatoms. The Kier molecular flexibility index (Phi) is 3.90. The number of carbonyl (C=O) groups is 3. The quantitative estimate of drug-likeness (QED) is 0.764. The van der Waals surface area contributed by atoms with Crippen molar-refractivity contribution in [2.45, 2.75) is 0 Å². The van der Waals surface area contributed by atoms with Gasteiger partial charge in [0.25, 0.3) is 17.7 Å². The Morgan fingerprint density at radius 2 is 1.70 bits per heavy atom. The van der Waals surface area contributed by atoms with Crippen LogP contribution in [0, 0.1) is 11.8 Å². The Labute approximate surface area is 140 Å². The molecule has 1 aromatic rings. The first-order chi connectivity index (χ1) is 10.6. The van der Waals surface area contributed by atoms with Crippen LogP contribution in [-0.4, -0.2) is 60.7 Å². The van der Waals surface area contributed by atoms with E-state index in [1.54, 1.807) is 18.2 Å². The molecule has 1 N–H and O–H groups in total. The van der Waals surface area contributed by atoms with Gasteiger partial charge in [-0.25, -0.2) is 0 Å². The fraction of sp³-hybridized carbons (Fsp3) is 0.438.